The summed E-state index contributed by atoms with van der Waals surface area (Å²) in [5, 5.41) is 12.7. The largest absolute Gasteiger partial charge is 0.462 e. The number of ether oxygens (including phenoxy) is 1. The number of rotatable bonds is 7. The zero-order chi connectivity index (χ0) is 22.0. The Hall–Kier alpha value is -3.11. The van der Waals surface area contributed by atoms with Gasteiger partial charge in [0.05, 0.1) is 23.5 Å². The first-order valence-electron chi connectivity index (χ1n) is 9.57. The maximum absolute atomic E-state index is 12.5. The van der Waals surface area contributed by atoms with Crippen LogP contribution in [0.1, 0.15) is 27.7 Å². The van der Waals surface area contributed by atoms with Gasteiger partial charge in [0.1, 0.15) is 5.00 Å². The van der Waals surface area contributed by atoms with Crippen LogP contribution in [0.25, 0.3) is 22.4 Å². The number of nitrogens with one attached hydrogen (secondary N) is 2. The number of H-pyrrole nitrogens is 1. The second kappa shape index (κ2) is 8.94. The summed E-state index contributed by atoms with van der Waals surface area (Å²) in [6.45, 7) is 5.76. The number of fused-ring (bicyclic) bond motifs is 1. The van der Waals surface area contributed by atoms with Crippen molar-refractivity contribution < 1.29 is 18.7 Å². The summed E-state index contributed by atoms with van der Waals surface area (Å²) in [4.78, 5) is 28.9. The van der Waals surface area contributed by atoms with Crippen LogP contribution in [0.5, 0.6) is 0 Å². The quantitative estimate of drug-likeness (QED) is 0.303. The maximum atomic E-state index is 12.5. The number of aromatic nitrogens is 3. The highest BCUT2D eigenvalue weighted by Gasteiger charge is 2.22. The Labute approximate surface area is 186 Å². The Morgan fingerprint density at radius 2 is 2.06 bits per heavy atom. The molecule has 0 saturated carbocycles. The Morgan fingerprint density at radius 1 is 1.26 bits per heavy atom. The van der Waals surface area contributed by atoms with Gasteiger partial charge in [-0.25, -0.2) is 4.79 Å². The van der Waals surface area contributed by atoms with Crippen molar-refractivity contribution in [3.8, 4) is 11.5 Å². The van der Waals surface area contributed by atoms with Crippen molar-refractivity contribution in [3.05, 3.63) is 46.5 Å². The molecule has 1 amide bonds. The Bertz CT molecular complexity index is 1260. The van der Waals surface area contributed by atoms with Crippen LogP contribution >= 0.6 is 23.1 Å². The van der Waals surface area contributed by atoms with E-state index < -0.39 is 5.97 Å². The monoisotopic (exact) mass is 456 g/mol. The van der Waals surface area contributed by atoms with Gasteiger partial charge in [0, 0.05) is 22.0 Å². The van der Waals surface area contributed by atoms with Crippen LogP contribution in [0, 0.1) is 13.8 Å². The normalized spacial score (nSPS) is 11.1. The average Bonchev–Trinajstić information content (AvgIpc) is 3.44. The van der Waals surface area contributed by atoms with E-state index in [1.165, 1.54) is 11.3 Å². The van der Waals surface area contributed by atoms with E-state index in [4.69, 9.17) is 9.15 Å². The van der Waals surface area contributed by atoms with Crippen LogP contribution in [0.4, 0.5) is 5.00 Å². The first kappa shape index (κ1) is 21.1. The second-order valence-electron chi connectivity index (χ2n) is 6.67. The molecule has 0 atom stereocenters. The molecule has 4 rings (SSSR count). The fourth-order valence-electron chi connectivity index (χ4n) is 3.08. The topological polar surface area (TPSA) is 110 Å². The Morgan fingerprint density at radius 3 is 2.87 bits per heavy atom. The number of nitrogens with zero attached hydrogens (tertiary/aromatic N) is 2. The van der Waals surface area contributed by atoms with Crippen molar-refractivity contribution in [1.29, 1.82) is 0 Å². The lowest BCUT2D eigenvalue weighted by atomic mass is 10.1. The molecular weight excluding hydrogens is 436 g/mol. The summed E-state index contributed by atoms with van der Waals surface area (Å²) in [5.74, 6) is -0.265. The van der Waals surface area contributed by atoms with E-state index in [1.54, 1.807) is 6.92 Å². The summed E-state index contributed by atoms with van der Waals surface area (Å²) in [5.41, 5.74) is 3.00. The average molecular weight is 457 g/mol. The highest BCUT2D eigenvalue weighted by Crippen LogP contribution is 2.33. The molecule has 0 spiro atoms. The molecule has 1 aromatic carbocycles. The number of benzene rings is 1. The van der Waals surface area contributed by atoms with E-state index in [2.05, 4.69) is 20.5 Å². The van der Waals surface area contributed by atoms with Gasteiger partial charge in [-0.05, 0) is 32.4 Å². The minimum atomic E-state index is -0.437. The second-order valence-corrected chi connectivity index (χ2v) is 8.82. The highest BCUT2D eigenvalue weighted by atomic mass is 32.2. The molecule has 10 heteroatoms. The summed E-state index contributed by atoms with van der Waals surface area (Å²) >= 11 is 2.48. The van der Waals surface area contributed by atoms with Gasteiger partial charge in [0.2, 0.25) is 5.91 Å². The SMILES string of the molecule is CCOC(=O)c1c(NC(=O)CSc2nnc(-c3c[nH]c4ccccc34)o2)sc(C)c1C. The van der Waals surface area contributed by atoms with E-state index in [0.29, 0.717) is 21.7 Å². The van der Waals surface area contributed by atoms with Crippen molar-refractivity contribution in [2.75, 3.05) is 17.7 Å². The predicted octanol–water partition coefficient (Wildman–Crippen LogP) is 4.80. The number of aromatic amines is 1. The molecule has 0 saturated heterocycles. The fourth-order valence-corrected chi connectivity index (χ4v) is 4.71. The molecule has 2 N–H and O–H groups in total. The smallest absolute Gasteiger partial charge is 0.341 e. The first-order valence-corrected chi connectivity index (χ1v) is 11.4. The number of anilines is 1. The van der Waals surface area contributed by atoms with Gasteiger partial charge in [0.25, 0.3) is 11.1 Å². The van der Waals surface area contributed by atoms with Crippen LogP contribution in [0.2, 0.25) is 0 Å². The van der Waals surface area contributed by atoms with Gasteiger partial charge >= 0.3 is 5.97 Å². The highest BCUT2D eigenvalue weighted by molar-refractivity contribution is 7.99. The van der Waals surface area contributed by atoms with Gasteiger partial charge < -0.3 is 19.5 Å². The van der Waals surface area contributed by atoms with Gasteiger partial charge in [0.15, 0.2) is 0 Å². The number of para-hydroxylation sites is 1. The molecule has 0 fully saturated rings. The number of carbonyl (C=O) groups is 2. The molecule has 4 aromatic rings. The van der Waals surface area contributed by atoms with Gasteiger partial charge in [-0.3, -0.25) is 4.79 Å². The fraction of sp³-hybridized carbons (Fsp3) is 0.238. The van der Waals surface area contributed by atoms with Crippen molar-refractivity contribution in [3.63, 3.8) is 0 Å². The molecular formula is C21H20N4O4S2. The lowest BCUT2D eigenvalue weighted by molar-refractivity contribution is -0.113. The molecule has 0 unspecified atom stereocenters. The van der Waals surface area contributed by atoms with E-state index in [0.717, 1.165) is 38.7 Å². The molecule has 0 radical (unpaired) electrons. The van der Waals surface area contributed by atoms with Gasteiger partial charge in [-0.1, -0.05) is 30.0 Å². The van der Waals surface area contributed by atoms with E-state index in [1.807, 2.05) is 44.3 Å². The minimum Gasteiger partial charge on any atom is -0.462 e. The number of aryl methyl sites for hydroxylation is 1. The molecule has 3 aromatic heterocycles. The number of esters is 1. The standard InChI is InChI=1S/C21H20N4O4S2/c1-4-28-20(27)17-11(2)12(3)31-19(17)23-16(26)10-30-21-25-24-18(29-21)14-9-22-15-8-6-5-7-13(14)15/h5-9,22H,4,10H2,1-3H3,(H,23,26). The van der Waals surface area contributed by atoms with Crippen molar-refractivity contribution in [2.24, 2.45) is 0 Å². The van der Waals surface area contributed by atoms with Gasteiger partial charge in [-0.15, -0.1) is 21.5 Å². The van der Waals surface area contributed by atoms with E-state index in [-0.39, 0.29) is 18.3 Å². The summed E-state index contributed by atoms with van der Waals surface area (Å²) < 4.78 is 10.8. The van der Waals surface area contributed by atoms with Crippen molar-refractivity contribution in [1.82, 2.24) is 15.2 Å². The molecule has 0 aliphatic rings. The number of thiophene rings is 1. The summed E-state index contributed by atoms with van der Waals surface area (Å²) in [7, 11) is 0. The third-order valence-electron chi connectivity index (χ3n) is 4.67. The Balaban J connectivity index is 1.43. The van der Waals surface area contributed by atoms with Crippen molar-refractivity contribution in [2.45, 2.75) is 26.0 Å². The van der Waals surface area contributed by atoms with Gasteiger partial charge in [-0.2, -0.15) is 0 Å². The zero-order valence-corrected chi connectivity index (χ0v) is 18.8. The number of hydrogen-bond donors (Lipinski definition) is 2. The third kappa shape index (κ3) is 4.35. The van der Waals surface area contributed by atoms with E-state index in [9.17, 15) is 9.59 Å². The maximum Gasteiger partial charge on any atom is 0.341 e. The Kier molecular flexibility index (Phi) is 6.10. The van der Waals surface area contributed by atoms with Crippen LogP contribution in [-0.2, 0) is 9.53 Å². The van der Waals surface area contributed by atoms with Crippen molar-refractivity contribution >= 4 is 50.9 Å². The minimum absolute atomic E-state index is 0.0633. The molecule has 8 nitrogen and oxygen atoms in total. The van der Waals surface area contributed by atoms with Crippen LogP contribution in [0.15, 0.2) is 40.1 Å². The van der Waals surface area contributed by atoms with Crippen LogP contribution in [0.3, 0.4) is 0 Å². The molecule has 0 aliphatic carbocycles. The predicted molar refractivity (Wildman–Crippen MR) is 121 cm³/mol. The number of hydrogen-bond acceptors (Lipinski definition) is 8. The summed E-state index contributed by atoms with van der Waals surface area (Å²) in [6.07, 6.45) is 1.82. The molecule has 0 aliphatic heterocycles. The lowest BCUT2D eigenvalue weighted by Crippen LogP contribution is -2.16. The third-order valence-corrected chi connectivity index (χ3v) is 6.61. The summed E-state index contributed by atoms with van der Waals surface area (Å²) in [6, 6.07) is 7.82. The number of thioether (sulfide) groups is 1. The molecule has 0 bridgehead atoms. The molecule has 31 heavy (non-hydrogen) atoms. The number of amides is 1. The van der Waals surface area contributed by atoms with E-state index >= 15 is 0 Å². The van der Waals surface area contributed by atoms with Crippen LogP contribution < -0.4 is 5.32 Å². The lowest BCUT2D eigenvalue weighted by Gasteiger charge is -2.06. The number of carbonyl (C=O) groups excluding carboxylic acids is 2. The van der Waals surface area contributed by atoms with Crippen LogP contribution in [-0.4, -0.2) is 39.4 Å². The molecule has 3 heterocycles. The first-order chi connectivity index (χ1) is 15.0. The zero-order valence-electron chi connectivity index (χ0n) is 17.1. The molecule has 160 valence electrons.